The van der Waals surface area contributed by atoms with Gasteiger partial charge in [-0.1, -0.05) is 19.3 Å². The molecule has 0 spiro atoms. The van der Waals surface area contributed by atoms with E-state index in [-0.39, 0.29) is 5.92 Å². The number of hydrogen-bond donors (Lipinski definition) is 1. The minimum absolute atomic E-state index is 0.0344. The SMILES string of the molecule is O=C1NC[C@H](C2CCCCC2)[C@H]1F. The van der Waals surface area contributed by atoms with Gasteiger partial charge in [-0.3, -0.25) is 4.79 Å². The Balaban J connectivity index is 1.95. The van der Waals surface area contributed by atoms with Crippen LogP contribution in [0.4, 0.5) is 4.39 Å². The maximum Gasteiger partial charge on any atom is 0.254 e. The molecule has 1 amide bonds. The fourth-order valence-electron chi connectivity index (χ4n) is 2.58. The number of carbonyl (C=O) groups excluding carboxylic acids is 1. The molecule has 0 unspecified atom stereocenters. The summed E-state index contributed by atoms with van der Waals surface area (Å²) in [5.41, 5.74) is 0. The maximum absolute atomic E-state index is 13.4. The summed E-state index contributed by atoms with van der Waals surface area (Å²) >= 11 is 0. The second-order valence-electron chi connectivity index (χ2n) is 4.21. The zero-order valence-electron chi connectivity index (χ0n) is 7.76. The Morgan fingerprint density at radius 2 is 1.92 bits per heavy atom. The maximum atomic E-state index is 13.4. The summed E-state index contributed by atoms with van der Waals surface area (Å²) in [4.78, 5) is 10.9. The van der Waals surface area contributed by atoms with Gasteiger partial charge in [-0.2, -0.15) is 0 Å². The quantitative estimate of drug-likeness (QED) is 0.661. The molecule has 2 aliphatic rings. The standard InChI is InChI=1S/C10H16FNO/c11-9-8(6-12-10(9)13)7-4-2-1-3-5-7/h7-9H,1-6H2,(H,12,13)/t8-,9-/m1/s1. The first-order valence-electron chi connectivity index (χ1n) is 5.21. The van der Waals surface area contributed by atoms with Crippen LogP contribution in [0.3, 0.4) is 0 Å². The lowest BCUT2D eigenvalue weighted by Gasteiger charge is -2.27. The number of alkyl halides is 1. The molecule has 0 aromatic carbocycles. The molecule has 1 aliphatic carbocycles. The number of rotatable bonds is 1. The normalized spacial score (nSPS) is 36.2. The van der Waals surface area contributed by atoms with E-state index in [1.165, 1.54) is 19.3 Å². The zero-order valence-corrected chi connectivity index (χ0v) is 7.76. The molecule has 2 rings (SSSR count). The van der Waals surface area contributed by atoms with Gasteiger partial charge in [0.1, 0.15) is 0 Å². The van der Waals surface area contributed by atoms with Gasteiger partial charge in [0.15, 0.2) is 6.17 Å². The van der Waals surface area contributed by atoms with Gasteiger partial charge in [0.05, 0.1) is 0 Å². The Kier molecular flexibility index (Phi) is 2.51. The Bertz CT molecular complexity index is 201. The van der Waals surface area contributed by atoms with Gasteiger partial charge in [0, 0.05) is 12.5 Å². The highest BCUT2D eigenvalue weighted by molar-refractivity contribution is 5.83. The number of nitrogens with one attached hydrogen (secondary N) is 1. The van der Waals surface area contributed by atoms with Crippen LogP contribution in [0.1, 0.15) is 32.1 Å². The molecule has 1 aliphatic heterocycles. The third-order valence-corrected chi connectivity index (χ3v) is 3.39. The Morgan fingerprint density at radius 1 is 1.23 bits per heavy atom. The molecule has 3 heteroatoms. The molecular formula is C10H16FNO. The van der Waals surface area contributed by atoms with Crippen LogP contribution >= 0.6 is 0 Å². The fraction of sp³-hybridized carbons (Fsp3) is 0.900. The van der Waals surface area contributed by atoms with E-state index in [9.17, 15) is 9.18 Å². The van der Waals surface area contributed by atoms with E-state index in [0.717, 1.165) is 12.8 Å². The summed E-state index contributed by atoms with van der Waals surface area (Å²) in [5.74, 6) is 0.0195. The first-order valence-corrected chi connectivity index (χ1v) is 5.21. The van der Waals surface area contributed by atoms with Crippen molar-refractivity contribution in [3.63, 3.8) is 0 Å². The van der Waals surface area contributed by atoms with Crippen LogP contribution in [0.15, 0.2) is 0 Å². The van der Waals surface area contributed by atoms with Crippen LogP contribution in [-0.4, -0.2) is 18.6 Å². The summed E-state index contributed by atoms with van der Waals surface area (Å²) in [6.07, 6.45) is 4.69. The second kappa shape index (κ2) is 3.64. The predicted octanol–water partition coefficient (Wildman–Crippen LogP) is 1.65. The third-order valence-electron chi connectivity index (χ3n) is 3.39. The summed E-state index contributed by atoms with van der Waals surface area (Å²) in [6, 6.07) is 0. The average molecular weight is 185 g/mol. The molecule has 2 nitrogen and oxygen atoms in total. The number of amides is 1. The van der Waals surface area contributed by atoms with Crippen LogP contribution in [0, 0.1) is 11.8 Å². The molecule has 2 atom stereocenters. The van der Waals surface area contributed by atoms with Crippen molar-refractivity contribution in [1.29, 1.82) is 0 Å². The van der Waals surface area contributed by atoms with Crippen molar-refractivity contribution < 1.29 is 9.18 Å². The van der Waals surface area contributed by atoms with Crippen molar-refractivity contribution in [3.8, 4) is 0 Å². The molecule has 1 heterocycles. The lowest BCUT2D eigenvalue weighted by atomic mass is 9.79. The van der Waals surface area contributed by atoms with E-state index in [1.54, 1.807) is 0 Å². The highest BCUT2D eigenvalue weighted by atomic mass is 19.1. The Hall–Kier alpha value is -0.600. The topological polar surface area (TPSA) is 29.1 Å². The van der Waals surface area contributed by atoms with Crippen molar-refractivity contribution >= 4 is 5.91 Å². The van der Waals surface area contributed by atoms with Crippen molar-refractivity contribution in [3.05, 3.63) is 0 Å². The summed E-state index contributed by atoms with van der Waals surface area (Å²) in [5, 5.41) is 2.60. The summed E-state index contributed by atoms with van der Waals surface area (Å²) in [7, 11) is 0. The number of carbonyl (C=O) groups is 1. The number of hydrogen-bond acceptors (Lipinski definition) is 1. The third kappa shape index (κ3) is 1.69. The molecule has 0 radical (unpaired) electrons. The Morgan fingerprint density at radius 3 is 2.46 bits per heavy atom. The largest absolute Gasteiger partial charge is 0.353 e. The van der Waals surface area contributed by atoms with E-state index in [2.05, 4.69) is 5.32 Å². The molecule has 0 bridgehead atoms. The van der Waals surface area contributed by atoms with Gasteiger partial charge in [-0.25, -0.2) is 4.39 Å². The first kappa shape index (κ1) is 8.97. The summed E-state index contributed by atoms with van der Waals surface area (Å²) in [6.45, 7) is 0.560. The summed E-state index contributed by atoms with van der Waals surface area (Å²) < 4.78 is 13.4. The first-order chi connectivity index (χ1) is 6.29. The average Bonchev–Trinajstić information content (AvgIpc) is 2.49. The van der Waals surface area contributed by atoms with Crippen LogP contribution < -0.4 is 5.32 Å². The van der Waals surface area contributed by atoms with E-state index < -0.39 is 12.1 Å². The minimum atomic E-state index is -1.23. The van der Waals surface area contributed by atoms with Crippen molar-refractivity contribution in [1.82, 2.24) is 5.32 Å². The molecular weight excluding hydrogens is 169 g/mol. The molecule has 1 saturated carbocycles. The molecule has 0 aromatic heterocycles. The highest BCUT2D eigenvalue weighted by Gasteiger charge is 2.39. The second-order valence-corrected chi connectivity index (χ2v) is 4.21. The van der Waals surface area contributed by atoms with Gasteiger partial charge in [0.25, 0.3) is 5.91 Å². The molecule has 13 heavy (non-hydrogen) atoms. The molecule has 2 fully saturated rings. The van der Waals surface area contributed by atoms with E-state index in [4.69, 9.17) is 0 Å². The van der Waals surface area contributed by atoms with Crippen molar-refractivity contribution in [2.45, 2.75) is 38.3 Å². The van der Waals surface area contributed by atoms with Crippen LogP contribution in [0.2, 0.25) is 0 Å². The van der Waals surface area contributed by atoms with E-state index >= 15 is 0 Å². The van der Waals surface area contributed by atoms with Crippen molar-refractivity contribution in [2.24, 2.45) is 11.8 Å². The van der Waals surface area contributed by atoms with Crippen LogP contribution in [-0.2, 0) is 4.79 Å². The minimum Gasteiger partial charge on any atom is -0.353 e. The molecule has 1 saturated heterocycles. The lowest BCUT2D eigenvalue weighted by molar-refractivity contribution is -0.124. The van der Waals surface area contributed by atoms with Gasteiger partial charge < -0.3 is 5.32 Å². The smallest absolute Gasteiger partial charge is 0.254 e. The van der Waals surface area contributed by atoms with Crippen LogP contribution in [0.5, 0.6) is 0 Å². The molecule has 74 valence electrons. The lowest BCUT2D eigenvalue weighted by Crippen LogP contribution is -2.26. The fourth-order valence-corrected chi connectivity index (χ4v) is 2.58. The Labute approximate surface area is 77.9 Å². The van der Waals surface area contributed by atoms with Gasteiger partial charge >= 0.3 is 0 Å². The van der Waals surface area contributed by atoms with E-state index in [0.29, 0.717) is 12.5 Å². The zero-order chi connectivity index (χ0) is 9.26. The van der Waals surface area contributed by atoms with E-state index in [1.807, 2.05) is 0 Å². The van der Waals surface area contributed by atoms with Gasteiger partial charge in [-0.05, 0) is 18.8 Å². The predicted molar refractivity (Wildman–Crippen MR) is 48.0 cm³/mol. The van der Waals surface area contributed by atoms with Crippen LogP contribution in [0.25, 0.3) is 0 Å². The van der Waals surface area contributed by atoms with Crippen molar-refractivity contribution in [2.75, 3.05) is 6.54 Å². The highest BCUT2D eigenvalue weighted by Crippen LogP contribution is 2.34. The molecule has 0 aromatic rings. The number of halogens is 1. The monoisotopic (exact) mass is 185 g/mol. The molecule has 1 N–H and O–H groups in total. The van der Waals surface area contributed by atoms with Gasteiger partial charge in [-0.15, -0.1) is 0 Å². The van der Waals surface area contributed by atoms with Gasteiger partial charge in [0.2, 0.25) is 0 Å².